The van der Waals surface area contributed by atoms with E-state index in [0.29, 0.717) is 19.3 Å². The average Bonchev–Trinajstić information content (AvgIpc) is 3.33. The molecule has 0 aromatic carbocycles. The fourth-order valence-electron chi connectivity index (χ4n) is 4.35. The Kier molecular flexibility index (Phi) is 10.0. The first-order valence-corrected chi connectivity index (χ1v) is 12.1. The molecule has 0 radical (unpaired) electrons. The SMILES string of the molecule is CC/C=C\C[C@@H](O)/C=C/C1c2cc(CCCCC(=O)OC)oc2C[C@H]1OC1CCCCO1. The third kappa shape index (κ3) is 7.32. The van der Waals surface area contributed by atoms with Crippen LogP contribution in [0.5, 0.6) is 0 Å². The Morgan fingerprint density at radius 2 is 2.19 bits per heavy atom. The summed E-state index contributed by atoms with van der Waals surface area (Å²) in [5, 5.41) is 10.3. The van der Waals surface area contributed by atoms with Crippen molar-refractivity contribution in [2.45, 2.75) is 95.5 Å². The van der Waals surface area contributed by atoms with Crippen LogP contribution < -0.4 is 0 Å². The molecule has 4 atom stereocenters. The van der Waals surface area contributed by atoms with Crippen molar-refractivity contribution in [3.8, 4) is 0 Å². The van der Waals surface area contributed by atoms with Crippen molar-refractivity contribution in [2.24, 2.45) is 0 Å². The lowest BCUT2D eigenvalue weighted by molar-refractivity contribution is -0.188. The van der Waals surface area contributed by atoms with Crippen LogP contribution in [0.4, 0.5) is 0 Å². The van der Waals surface area contributed by atoms with E-state index in [2.05, 4.69) is 25.1 Å². The maximum atomic E-state index is 11.3. The first kappa shape index (κ1) is 24.7. The summed E-state index contributed by atoms with van der Waals surface area (Å²) < 4.78 is 23.0. The summed E-state index contributed by atoms with van der Waals surface area (Å²) in [7, 11) is 1.42. The van der Waals surface area contributed by atoms with Gasteiger partial charge in [-0.25, -0.2) is 0 Å². The highest BCUT2D eigenvalue weighted by molar-refractivity contribution is 5.68. The quantitative estimate of drug-likeness (QED) is 0.277. The number of unbranched alkanes of at least 4 members (excludes halogenated alkanes) is 1. The molecule has 3 rings (SSSR count). The van der Waals surface area contributed by atoms with Gasteiger partial charge in [-0.2, -0.15) is 0 Å². The summed E-state index contributed by atoms with van der Waals surface area (Å²) in [5.74, 6) is 1.77. The number of carbonyl (C=O) groups excluding carboxylic acids is 1. The Balaban J connectivity index is 1.64. The number of hydrogen-bond donors (Lipinski definition) is 1. The van der Waals surface area contributed by atoms with E-state index < -0.39 is 6.10 Å². The number of allylic oxidation sites excluding steroid dienone is 1. The summed E-state index contributed by atoms with van der Waals surface area (Å²) in [6.45, 7) is 2.83. The van der Waals surface area contributed by atoms with Gasteiger partial charge < -0.3 is 23.7 Å². The lowest BCUT2D eigenvalue weighted by atomic mass is 9.98. The number of carbonyl (C=O) groups is 1. The molecule has 1 aromatic rings. The fourth-order valence-corrected chi connectivity index (χ4v) is 4.35. The molecule has 1 aliphatic carbocycles. The monoisotopic (exact) mass is 446 g/mol. The topological polar surface area (TPSA) is 78.1 Å². The van der Waals surface area contributed by atoms with Crippen LogP contribution in [-0.4, -0.2) is 43.3 Å². The minimum absolute atomic E-state index is 0.0351. The fraction of sp³-hybridized carbons (Fsp3) is 0.654. The molecule has 2 unspecified atom stereocenters. The van der Waals surface area contributed by atoms with Crippen molar-refractivity contribution in [2.75, 3.05) is 13.7 Å². The second kappa shape index (κ2) is 13.0. The normalized spacial score (nSPS) is 24.3. The molecule has 0 saturated carbocycles. The summed E-state index contributed by atoms with van der Waals surface area (Å²) in [5.41, 5.74) is 1.14. The zero-order chi connectivity index (χ0) is 22.8. The van der Waals surface area contributed by atoms with Crippen molar-refractivity contribution in [3.05, 3.63) is 47.5 Å². The smallest absolute Gasteiger partial charge is 0.305 e. The molecule has 0 spiro atoms. The molecular weight excluding hydrogens is 408 g/mol. The third-order valence-corrected chi connectivity index (χ3v) is 6.11. The molecule has 1 N–H and O–H groups in total. The van der Waals surface area contributed by atoms with Gasteiger partial charge in [-0.1, -0.05) is 31.2 Å². The Labute approximate surface area is 191 Å². The van der Waals surface area contributed by atoms with Crippen molar-refractivity contribution in [1.29, 1.82) is 0 Å². The summed E-state index contributed by atoms with van der Waals surface area (Å²) in [4.78, 5) is 11.3. The van der Waals surface area contributed by atoms with Gasteiger partial charge in [0.15, 0.2) is 6.29 Å². The highest BCUT2D eigenvalue weighted by Gasteiger charge is 2.37. The van der Waals surface area contributed by atoms with Gasteiger partial charge in [-0.15, -0.1) is 0 Å². The number of aryl methyl sites for hydroxylation is 1. The Morgan fingerprint density at radius 1 is 1.31 bits per heavy atom. The molecule has 178 valence electrons. The Bertz CT molecular complexity index is 758. The molecule has 32 heavy (non-hydrogen) atoms. The van der Waals surface area contributed by atoms with Crippen molar-refractivity contribution < 1.29 is 28.5 Å². The molecule has 2 heterocycles. The van der Waals surface area contributed by atoms with E-state index in [1.54, 1.807) is 0 Å². The minimum atomic E-state index is -0.516. The number of methoxy groups -OCH3 is 1. The second-order valence-corrected chi connectivity index (χ2v) is 8.64. The highest BCUT2D eigenvalue weighted by Crippen LogP contribution is 2.40. The zero-order valence-corrected chi connectivity index (χ0v) is 19.5. The molecule has 1 aromatic heterocycles. The Morgan fingerprint density at radius 3 is 2.94 bits per heavy atom. The lowest BCUT2D eigenvalue weighted by Gasteiger charge is -2.28. The minimum Gasteiger partial charge on any atom is -0.469 e. The second-order valence-electron chi connectivity index (χ2n) is 8.64. The molecular formula is C26H38O6. The van der Waals surface area contributed by atoms with Gasteiger partial charge in [-0.05, 0) is 51.0 Å². The average molecular weight is 447 g/mol. The van der Waals surface area contributed by atoms with Crippen LogP contribution in [0, 0.1) is 0 Å². The van der Waals surface area contributed by atoms with Crippen LogP contribution in [0.1, 0.15) is 81.3 Å². The van der Waals surface area contributed by atoms with Gasteiger partial charge in [0.2, 0.25) is 0 Å². The molecule has 0 amide bonds. The predicted octanol–water partition coefficient (Wildman–Crippen LogP) is 4.99. The van der Waals surface area contributed by atoms with Crippen LogP contribution in [0.25, 0.3) is 0 Å². The van der Waals surface area contributed by atoms with E-state index >= 15 is 0 Å². The summed E-state index contributed by atoms with van der Waals surface area (Å²) >= 11 is 0. The molecule has 6 heteroatoms. The maximum absolute atomic E-state index is 11.3. The van der Waals surface area contributed by atoms with Crippen LogP contribution >= 0.6 is 0 Å². The standard InChI is InChI=1S/C26H38O6/c1-3-4-5-10-19(27)14-15-21-22-17-20(11-6-7-12-25(28)29-2)31-24(22)18-23(21)32-26-13-8-9-16-30-26/h4-5,14-15,17,19,21,23,26-27H,3,6-13,16,18H2,1-2H3/b5-4-,15-14+/t19-,21?,23-,26?/m1/s1. The van der Waals surface area contributed by atoms with Crippen LogP contribution in [0.2, 0.25) is 0 Å². The number of aliphatic hydroxyl groups is 1. The highest BCUT2D eigenvalue weighted by atomic mass is 16.7. The molecule has 1 aliphatic heterocycles. The number of hydrogen-bond acceptors (Lipinski definition) is 6. The first-order valence-electron chi connectivity index (χ1n) is 12.1. The first-order chi connectivity index (χ1) is 15.6. The molecule has 2 aliphatic rings. The van der Waals surface area contributed by atoms with Gasteiger partial charge in [0, 0.05) is 37.4 Å². The number of esters is 1. The van der Waals surface area contributed by atoms with Gasteiger partial charge in [-0.3, -0.25) is 4.79 Å². The van der Waals surface area contributed by atoms with E-state index in [1.165, 1.54) is 7.11 Å². The van der Waals surface area contributed by atoms with E-state index in [-0.39, 0.29) is 24.3 Å². The van der Waals surface area contributed by atoms with Crippen molar-refractivity contribution in [1.82, 2.24) is 0 Å². The number of aliphatic hydroxyl groups excluding tert-OH is 1. The largest absolute Gasteiger partial charge is 0.469 e. The molecule has 1 fully saturated rings. The van der Waals surface area contributed by atoms with Gasteiger partial charge in [0.1, 0.15) is 11.5 Å². The van der Waals surface area contributed by atoms with Gasteiger partial charge in [0.25, 0.3) is 0 Å². The zero-order valence-electron chi connectivity index (χ0n) is 19.5. The van der Waals surface area contributed by atoms with E-state index in [9.17, 15) is 9.90 Å². The predicted molar refractivity (Wildman–Crippen MR) is 122 cm³/mol. The lowest BCUT2D eigenvalue weighted by Crippen LogP contribution is -2.30. The van der Waals surface area contributed by atoms with Crippen molar-refractivity contribution >= 4 is 5.97 Å². The number of ether oxygens (including phenoxy) is 3. The van der Waals surface area contributed by atoms with Gasteiger partial charge in [0.05, 0.1) is 19.3 Å². The summed E-state index contributed by atoms with van der Waals surface area (Å²) in [6, 6.07) is 2.12. The van der Waals surface area contributed by atoms with Crippen LogP contribution in [0.3, 0.4) is 0 Å². The molecule has 6 nitrogen and oxygen atoms in total. The van der Waals surface area contributed by atoms with Gasteiger partial charge >= 0.3 is 5.97 Å². The number of rotatable bonds is 12. The Hall–Kier alpha value is -1.89. The number of furan rings is 1. The van der Waals surface area contributed by atoms with Crippen LogP contribution in [0.15, 0.2) is 34.8 Å². The van der Waals surface area contributed by atoms with Crippen molar-refractivity contribution in [3.63, 3.8) is 0 Å². The molecule has 0 bridgehead atoms. The maximum Gasteiger partial charge on any atom is 0.305 e. The summed E-state index contributed by atoms with van der Waals surface area (Å²) in [6.07, 6.45) is 15.6. The third-order valence-electron chi connectivity index (χ3n) is 6.11. The van der Waals surface area contributed by atoms with E-state index in [1.807, 2.05) is 12.2 Å². The number of fused-ring (bicyclic) bond motifs is 1. The van der Waals surface area contributed by atoms with E-state index in [4.69, 9.17) is 18.6 Å². The molecule has 1 saturated heterocycles. The van der Waals surface area contributed by atoms with Crippen LogP contribution in [-0.2, 0) is 31.8 Å². The van der Waals surface area contributed by atoms with E-state index in [0.717, 1.165) is 68.6 Å².